The van der Waals surface area contributed by atoms with Crippen LogP contribution in [-0.4, -0.2) is 46.3 Å². The van der Waals surface area contributed by atoms with Gasteiger partial charge in [-0.1, -0.05) is 17.9 Å². The lowest BCUT2D eigenvalue weighted by Gasteiger charge is -2.42. The highest BCUT2D eigenvalue weighted by molar-refractivity contribution is 5.94. The fourth-order valence-corrected chi connectivity index (χ4v) is 3.88. The highest BCUT2D eigenvalue weighted by Gasteiger charge is 2.37. The van der Waals surface area contributed by atoms with Crippen LogP contribution in [0.25, 0.3) is 0 Å². The van der Waals surface area contributed by atoms with Crippen molar-refractivity contribution >= 4 is 5.91 Å². The molecule has 0 saturated carbocycles. The van der Waals surface area contributed by atoms with Crippen molar-refractivity contribution in [3.05, 3.63) is 70.8 Å². The Morgan fingerprint density at radius 3 is 2.52 bits per heavy atom. The number of carbonyl (C=O) groups excluding carboxylic acids is 1. The van der Waals surface area contributed by atoms with Crippen LogP contribution in [0.3, 0.4) is 0 Å². The summed E-state index contributed by atoms with van der Waals surface area (Å²) in [4.78, 5) is 14.7. The van der Waals surface area contributed by atoms with E-state index >= 15 is 0 Å². The molecule has 3 rings (SSSR count). The summed E-state index contributed by atoms with van der Waals surface area (Å²) in [5, 5.41) is 19.8. The van der Waals surface area contributed by atoms with Crippen molar-refractivity contribution in [1.29, 1.82) is 0 Å². The van der Waals surface area contributed by atoms with Crippen LogP contribution in [0.1, 0.15) is 48.2 Å². The molecule has 0 radical (unpaired) electrons. The van der Waals surface area contributed by atoms with E-state index in [1.165, 1.54) is 12.1 Å². The second-order valence-electron chi connectivity index (χ2n) is 8.79. The molecule has 1 heterocycles. The molecule has 0 spiro atoms. The first-order chi connectivity index (χ1) is 14.6. The van der Waals surface area contributed by atoms with Gasteiger partial charge in [0.05, 0.1) is 6.61 Å². The Hall–Kier alpha value is -2.75. The molecular formula is C25H27F2NO3. The van der Waals surface area contributed by atoms with Gasteiger partial charge in [-0.3, -0.25) is 4.79 Å². The van der Waals surface area contributed by atoms with E-state index in [0.29, 0.717) is 42.6 Å². The third-order valence-corrected chi connectivity index (χ3v) is 5.51. The van der Waals surface area contributed by atoms with Gasteiger partial charge in [0.2, 0.25) is 0 Å². The maximum Gasteiger partial charge on any atom is 0.253 e. The van der Waals surface area contributed by atoms with Crippen molar-refractivity contribution < 1.29 is 23.8 Å². The first-order valence-electron chi connectivity index (χ1n) is 10.3. The molecule has 0 bridgehead atoms. The predicted molar refractivity (Wildman–Crippen MR) is 114 cm³/mol. The third-order valence-electron chi connectivity index (χ3n) is 5.51. The summed E-state index contributed by atoms with van der Waals surface area (Å²) < 4.78 is 27.4. The van der Waals surface area contributed by atoms with Crippen molar-refractivity contribution in [1.82, 2.24) is 4.90 Å². The monoisotopic (exact) mass is 427 g/mol. The first kappa shape index (κ1) is 22.9. The molecule has 2 N–H and O–H groups in total. The maximum absolute atomic E-state index is 14.2. The largest absolute Gasteiger partial charge is 0.396 e. The van der Waals surface area contributed by atoms with Gasteiger partial charge < -0.3 is 15.1 Å². The normalized spacial score (nSPS) is 19.0. The summed E-state index contributed by atoms with van der Waals surface area (Å²) in [6.45, 7) is 3.84. The van der Waals surface area contributed by atoms with Gasteiger partial charge in [-0.05, 0) is 69.0 Å². The Bertz CT molecular complexity index is 1000. The molecular weight excluding hydrogens is 400 g/mol. The smallest absolute Gasteiger partial charge is 0.253 e. The molecule has 1 fully saturated rings. The number of likely N-dealkylation sites (tertiary alicyclic amines) is 1. The van der Waals surface area contributed by atoms with E-state index in [4.69, 9.17) is 0 Å². The van der Waals surface area contributed by atoms with Crippen molar-refractivity contribution in [2.24, 2.45) is 5.41 Å². The fourth-order valence-electron chi connectivity index (χ4n) is 3.88. The highest BCUT2D eigenvalue weighted by Crippen LogP contribution is 2.34. The van der Waals surface area contributed by atoms with Gasteiger partial charge in [0.15, 0.2) is 0 Å². The number of benzene rings is 2. The van der Waals surface area contributed by atoms with E-state index in [1.54, 1.807) is 43.0 Å². The van der Waals surface area contributed by atoms with Crippen molar-refractivity contribution in [3.63, 3.8) is 0 Å². The number of hydrogen-bond donors (Lipinski definition) is 2. The van der Waals surface area contributed by atoms with Gasteiger partial charge in [-0.15, -0.1) is 0 Å². The lowest BCUT2D eigenvalue weighted by Crippen LogP contribution is -2.49. The Labute approximate surface area is 181 Å². The molecule has 2 aromatic carbocycles. The zero-order valence-corrected chi connectivity index (χ0v) is 17.8. The number of rotatable bonds is 4. The third kappa shape index (κ3) is 5.90. The van der Waals surface area contributed by atoms with Crippen LogP contribution < -0.4 is 0 Å². The lowest BCUT2D eigenvalue weighted by atomic mass is 9.75. The van der Waals surface area contributed by atoms with E-state index in [2.05, 4.69) is 11.8 Å². The summed E-state index contributed by atoms with van der Waals surface area (Å²) in [5.74, 6) is 4.15. The second kappa shape index (κ2) is 9.17. The molecule has 1 aliphatic heterocycles. The Morgan fingerprint density at radius 2 is 1.90 bits per heavy atom. The molecule has 31 heavy (non-hydrogen) atoms. The minimum atomic E-state index is -1.10. The van der Waals surface area contributed by atoms with E-state index in [9.17, 15) is 23.8 Å². The van der Waals surface area contributed by atoms with Gasteiger partial charge in [0.25, 0.3) is 5.91 Å². The zero-order chi connectivity index (χ0) is 22.6. The van der Waals surface area contributed by atoms with Crippen LogP contribution in [0, 0.1) is 28.9 Å². The average molecular weight is 427 g/mol. The standard InChI is InChI=1S/C25H27F2NO3/c1-24(2,31)12-10-18-4-6-19(7-5-18)23(30)28-13-3-11-25(16-28,17-29)15-20-8-9-21(26)14-22(20)27/h4-9,14,29,31H,3,11,13,15-17H2,1-2H3/t25-/m1/s1. The molecule has 0 unspecified atom stereocenters. The molecule has 6 heteroatoms. The molecule has 4 nitrogen and oxygen atoms in total. The second-order valence-corrected chi connectivity index (χ2v) is 8.79. The molecule has 0 aliphatic carbocycles. The highest BCUT2D eigenvalue weighted by atomic mass is 19.1. The lowest BCUT2D eigenvalue weighted by molar-refractivity contribution is 0.0268. The van der Waals surface area contributed by atoms with Crippen LogP contribution in [0.2, 0.25) is 0 Å². The first-order valence-corrected chi connectivity index (χ1v) is 10.3. The van der Waals surface area contributed by atoms with E-state index in [1.807, 2.05) is 0 Å². The molecule has 0 aromatic heterocycles. The van der Waals surface area contributed by atoms with E-state index in [0.717, 1.165) is 6.07 Å². The number of aliphatic hydroxyl groups excluding tert-OH is 1. The van der Waals surface area contributed by atoms with Crippen molar-refractivity contribution in [2.45, 2.75) is 38.7 Å². The maximum atomic E-state index is 14.2. The number of piperidine rings is 1. The number of aliphatic hydroxyl groups is 2. The van der Waals surface area contributed by atoms with Crippen molar-refractivity contribution in [3.8, 4) is 11.8 Å². The van der Waals surface area contributed by atoms with Crippen LogP contribution in [0.15, 0.2) is 42.5 Å². The van der Waals surface area contributed by atoms with Gasteiger partial charge in [0, 0.05) is 35.7 Å². The molecule has 1 saturated heterocycles. The number of halogens is 2. The summed E-state index contributed by atoms with van der Waals surface area (Å²) in [7, 11) is 0. The minimum Gasteiger partial charge on any atom is -0.396 e. The Kier molecular flexibility index (Phi) is 6.78. The Balaban J connectivity index is 1.75. The van der Waals surface area contributed by atoms with E-state index < -0.39 is 22.7 Å². The van der Waals surface area contributed by atoms with Gasteiger partial charge in [-0.2, -0.15) is 0 Å². The predicted octanol–water partition coefficient (Wildman–Crippen LogP) is 3.54. The van der Waals surface area contributed by atoms with Gasteiger partial charge >= 0.3 is 0 Å². The summed E-state index contributed by atoms with van der Waals surface area (Å²) in [5.41, 5.74) is -0.256. The summed E-state index contributed by atoms with van der Waals surface area (Å²) in [6.07, 6.45) is 1.56. The van der Waals surface area contributed by atoms with Gasteiger partial charge in [-0.25, -0.2) is 8.78 Å². The number of nitrogens with zero attached hydrogens (tertiary/aromatic N) is 1. The molecule has 164 valence electrons. The topological polar surface area (TPSA) is 60.8 Å². The fraction of sp³-hybridized carbons (Fsp3) is 0.400. The van der Waals surface area contributed by atoms with Crippen LogP contribution in [0.5, 0.6) is 0 Å². The van der Waals surface area contributed by atoms with E-state index in [-0.39, 0.29) is 18.9 Å². The van der Waals surface area contributed by atoms with Crippen molar-refractivity contribution in [2.75, 3.05) is 19.7 Å². The van der Waals surface area contributed by atoms with Gasteiger partial charge in [0.1, 0.15) is 17.2 Å². The molecule has 1 aliphatic rings. The summed E-state index contributed by atoms with van der Waals surface area (Å²) >= 11 is 0. The average Bonchev–Trinajstić information content (AvgIpc) is 2.74. The SMILES string of the molecule is CC(C)(O)C#Cc1ccc(C(=O)N2CCC[C@@](CO)(Cc3ccc(F)cc3F)C2)cc1. The summed E-state index contributed by atoms with van der Waals surface area (Å²) in [6, 6.07) is 10.3. The molecule has 1 atom stereocenters. The van der Waals surface area contributed by atoms with Crippen LogP contribution >= 0.6 is 0 Å². The number of carbonyl (C=O) groups is 1. The number of amides is 1. The van der Waals surface area contributed by atoms with Crippen LogP contribution in [0.4, 0.5) is 8.78 Å². The Morgan fingerprint density at radius 1 is 1.19 bits per heavy atom. The molecule has 1 amide bonds. The molecule has 2 aromatic rings. The number of hydrogen-bond acceptors (Lipinski definition) is 3. The minimum absolute atomic E-state index is 0.167. The zero-order valence-electron chi connectivity index (χ0n) is 17.8. The van der Waals surface area contributed by atoms with Crippen LogP contribution in [-0.2, 0) is 6.42 Å². The quantitative estimate of drug-likeness (QED) is 0.734.